The summed E-state index contributed by atoms with van der Waals surface area (Å²) in [6, 6.07) is 19.1. The van der Waals surface area contributed by atoms with E-state index in [1.165, 1.54) is 0 Å². The molecule has 3 aromatic carbocycles. The van der Waals surface area contributed by atoms with Gasteiger partial charge in [-0.1, -0.05) is 48.5 Å². The summed E-state index contributed by atoms with van der Waals surface area (Å²) in [5, 5.41) is -1.50. The van der Waals surface area contributed by atoms with Gasteiger partial charge in [0.25, 0.3) is 0 Å². The lowest BCUT2D eigenvalue weighted by Gasteiger charge is -2.41. The zero-order valence-electron chi connectivity index (χ0n) is 22.4. The maximum Gasteiger partial charge on any atom is 0.345 e. The summed E-state index contributed by atoms with van der Waals surface area (Å²) < 4.78 is 37.9. The molecule has 1 aliphatic rings. The van der Waals surface area contributed by atoms with Crippen LogP contribution in [0.5, 0.6) is 11.5 Å². The maximum absolute atomic E-state index is 14.9. The molecule has 196 valence electrons. The van der Waals surface area contributed by atoms with Gasteiger partial charge in [-0.15, -0.1) is 0 Å². The second-order valence-corrected chi connectivity index (χ2v) is 11.6. The highest BCUT2D eigenvalue weighted by Gasteiger charge is 2.65. The topological polar surface area (TPSA) is 71.1 Å². The molecule has 0 aliphatic heterocycles. The summed E-state index contributed by atoms with van der Waals surface area (Å²) in [6.45, 7) is 7.77. The van der Waals surface area contributed by atoms with Gasteiger partial charge in [0.15, 0.2) is 5.78 Å². The normalized spacial score (nSPS) is 17.2. The van der Waals surface area contributed by atoms with Gasteiger partial charge in [0.05, 0.1) is 27.4 Å². The molecule has 0 unspecified atom stereocenters. The Labute approximate surface area is 219 Å². The minimum Gasteiger partial charge on any atom is -0.496 e. The van der Waals surface area contributed by atoms with E-state index in [1.54, 1.807) is 34.1 Å². The van der Waals surface area contributed by atoms with Crippen LogP contribution in [0.2, 0.25) is 0 Å². The molecule has 1 aliphatic carbocycles. The average molecular weight is 523 g/mol. The van der Waals surface area contributed by atoms with Gasteiger partial charge in [0.2, 0.25) is 0 Å². The molecule has 0 radical (unpaired) electrons. The molecule has 4 rings (SSSR count). The van der Waals surface area contributed by atoms with Crippen LogP contribution in [-0.4, -0.2) is 38.4 Å². The molecule has 0 spiro atoms. The Morgan fingerprint density at radius 1 is 0.838 bits per heavy atom. The van der Waals surface area contributed by atoms with E-state index >= 15 is 0 Å². The summed E-state index contributed by atoms with van der Waals surface area (Å²) in [5.41, 5.74) is 4.90. The third kappa shape index (κ3) is 4.52. The molecular weight excluding hydrogens is 487 g/mol. The number of fused-ring (bicyclic) bond motifs is 1. The van der Waals surface area contributed by atoms with Crippen LogP contribution in [0.25, 0.3) is 0 Å². The van der Waals surface area contributed by atoms with Crippen molar-refractivity contribution in [2.75, 3.05) is 27.4 Å². The van der Waals surface area contributed by atoms with E-state index in [-0.39, 0.29) is 25.4 Å². The molecule has 1 atom stereocenters. The largest absolute Gasteiger partial charge is 0.496 e. The molecule has 0 saturated heterocycles. The molecular formula is C30H35O6P. The van der Waals surface area contributed by atoms with E-state index < -0.39 is 18.7 Å². The predicted molar refractivity (Wildman–Crippen MR) is 145 cm³/mol. The van der Waals surface area contributed by atoms with Gasteiger partial charge < -0.3 is 18.5 Å². The smallest absolute Gasteiger partial charge is 0.345 e. The van der Waals surface area contributed by atoms with E-state index in [0.29, 0.717) is 5.56 Å². The summed E-state index contributed by atoms with van der Waals surface area (Å²) in [4.78, 5) is 14.5. The van der Waals surface area contributed by atoms with Gasteiger partial charge in [-0.25, -0.2) is 0 Å². The number of ketones is 1. The Bertz CT molecular complexity index is 1290. The number of methoxy groups -OCH3 is 2. The molecule has 0 saturated carbocycles. The fourth-order valence-corrected chi connectivity index (χ4v) is 8.19. The first kappa shape index (κ1) is 27.1. The Morgan fingerprint density at radius 3 is 1.78 bits per heavy atom. The third-order valence-electron chi connectivity index (χ3n) is 7.18. The molecule has 0 N–H and O–H groups in total. The van der Waals surface area contributed by atoms with Crippen molar-refractivity contribution in [3.8, 4) is 11.5 Å². The molecule has 7 heteroatoms. The number of carbonyl (C=O) groups excluding carboxylic acids is 1. The number of benzene rings is 3. The highest BCUT2D eigenvalue weighted by molar-refractivity contribution is 7.57. The minimum absolute atomic E-state index is 0.151. The third-order valence-corrected chi connectivity index (χ3v) is 9.98. The number of hydrogen-bond donors (Lipinski definition) is 0. The summed E-state index contributed by atoms with van der Waals surface area (Å²) >= 11 is 0. The number of ether oxygens (including phenoxy) is 2. The van der Waals surface area contributed by atoms with Crippen LogP contribution in [0, 0.1) is 13.8 Å². The zero-order valence-corrected chi connectivity index (χ0v) is 23.3. The Morgan fingerprint density at radius 2 is 1.35 bits per heavy atom. The monoisotopic (exact) mass is 522 g/mol. The van der Waals surface area contributed by atoms with Crippen LogP contribution in [0.1, 0.15) is 57.9 Å². The van der Waals surface area contributed by atoms with Crippen molar-refractivity contribution in [1.82, 2.24) is 0 Å². The molecule has 0 bridgehead atoms. The molecule has 3 aromatic rings. The fourth-order valence-electron chi connectivity index (χ4n) is 5.63. The fraction of sp³-hybridized carbons (Fsp3) is 0.367. The standard InChI is InChI=1S/C30H35O6P/c1-7-35-37(32,36-8-2)30(19-24-11-9-10-12-25(24)29(30)31)28(22-13-15-26(33-5)20(3)17-22)23-14-16-27(34-6)21(4)18-23/h9-18,28H,7-8,19H2,1-6H3/t30-/m0/s1. The molecule has 0 fully saturated rings. The molecule has 0 aromatic heterocycles. The van der Waals surface area contributed by atoms with Gasteiger partial charge in [-0.05, 0) is 74.1 Å². The predicted octanol–water partition coefficient (Wildman–Crippen LogP) is 6.90. The maximum atomic E-state index is 14.9. The van der Waals surface area contributed by atoms with Gasteiger partial charge in [-0.3, -0.25) is 9.36 Å². The van der Waals surface area contributed by atoms with Crippen molar-refractivity contribution in [3.63, 3.8) is 0 Å². The Hall–Kier alpha value is -2.92. The first-order valence-corrected chi connectivity index (χ1v) is 14.1. The highest BCUT2D eigenvalue weighted by atomic mass is 31.2. The van der Waals surface area contributed by atoms with Crippen LogP contribution < -0.4 is 9.47 Å². The number of aryl methyl sites for hydroxylation is 2. The second-order valence-electron chi connectivity index (χ2n) is 9.31. The van der Waals surface area contributed by atoms with E-state index in [1.807, 2.05) is 68.4 Å². The molecule has 37 heavy (non-hydrogen) atoms. The average Bonchev–Trinajstić information content (AvgIpc) is 3.18. The Balaban J connectivity index is 2.08. The summed E-state index contributed by atoms with van der Waals surface area (Å²) in [5.74, 6) is 0.633. The van der Waals surface area contributed by atoms with E-state index in [0.717, 1.165) is 39.3 Å². The highest BCUT2D eigenvalue weighted by Crippen LogP contribution is 2.70. The van der Waals surface area contributed by atoms with E-state index in [4.69, 9.17) is 18.5 Å². The van der Waals surface area contributed by atoms with Gasteiger partial charge in [0, 0.05) is 11.5 Å². The van der Waals surface area contributed by atoms with E-state index in [2.05, 4.69) is 0 Å². The van der Waals surface area contributed by atoms with Crippen molar-refractivity contribution >= 4 is 13.4 Å². The lowest BCUT2D eigenvalue weighted by Crippen LogP contribution is -2.44. The SMILES string of the molecule is CCOP(=O)(OCC)[C@]1(C(c2ccc(OC)c(C)c2)c2ccc(OC)c(C)c2)Cc2ccccc2C1=O. The molecule has 0 heterocycles. The lowest BCUT2D eigenvalue weighted by atomic mass is 9.77. The first-order chi connectivity index (χ1) is 17.8. The zero-order chi connectivity index (χ0) is 26.8. The quantitative estimate of drug-likeness (QED) is 0.270. The van der Waals surface area contributed by atoms with Crippen LogP contribution in [0.4, 0.5) is 0 Å². The number of hydrogen-bond acceptors (Lipinski definition) is 6. The molecule has 6 nitrogen and oxygen atoms in total. The van der Waals surface area contributed by atoms with Gasteiger partial charge in [0.1, 0.15) is 16.7 Å². The first-order valence-electron chi connectivity index (χ1n) is 12.6. The second kappa shape index (κ2) is 10.8. The number of Topliss-reactive ketones (excluding diaryl/α,β-unsaturated/α-hetero) is 1. The van der Waals surface area contributed by atoms with Crippen molar-refractivity contribution in [3.05, 3.63) is 94.0 Å². The van der Waals surface area contributed by atoms with Crippen molar-refractivity contribution < 1.29 is 27.9 Å². The van der Waals surface area contributed by atoms with Crippen LogP contribution in [-0.2, 0) is 20.0 Å². The van der Waals surface area contributed by atoms with Gasteiger partial charge >= 0.3 is 7.60 Å². The molecule has 0 amide bonds. The van der Waals surface area contributed by atoms with Crippen molar-refractivity contribution in [2.45, 2.75) is 45.2 Å². The van der Waals surface area contributed by atoms with Gasteiger partial charge in [-0.2, -0.15) is 0 Å². The van der Waals surface area contributed by atoms with Crippen LogP contribution in [0.15, 0.2) is 60.7 Å². The van der Waals surface area contributed by atoms with Crippen molar-refractivity contribution in [2.24, 2.45) is 0 Å². The van der Waals surface area contributed by atoms with Crippen molar-refractivity contribution in [1.29, 1.82) is 0 Å². The number of carbonyl (C=O) groups is 1. The summed E-state index contributed by atoms with van der Waals surface area (Å²) in [6.07, 6.45) is 0.236. The van der Waals surface area contributed by atoms with Crippen LogP contribution in [0.3, 0.4) is 0 Å². The number of rotatable bonds is 10. The van der Waals surface area contributed by atoms with Crippen LogP contribution >= 0.6 is 7.60 Å². The van der Waals surface area contributed by atoms with E-state index in [9.17, 15) is 9.36 Å². The lowest BCUT2D eigenvalue weighted by molar-refractivity contribution is 0.0906. The summed E-state index contributed by atoms with van der Waals surface area (Å²) in [7, 11) is -0.747. The minimum atomic E-state index is -4.00. The Kier molecular flexibility index (Phi) is 7.94.